The number of imide groups is 1. The van der Waals surface area contributed by atoms with Crippen molar-refractivity contribution in [3.63, 3.8) is 0 Å². The van der Waals surface area contributed by atoms with Crippen molar-refractivity contribution in [1.82, 2.24) is 0 Å². The lowest BCUT2D eigenvalue weighted by atomic mass is 9.80. The summed E-state index contributed by atoms with van der Waals surface area (Å²) in [7, 11) is 1.24. The number of halogens is 1. The maximum absolute atomic E-state index is 13.3. The molecular formula is C21H20FN2O5+. The Bertz CT molecular complexity index is 991. The van der Waals surface area contributed by atoms with Crippen LogP contribution in [-0.2, 0) is 19.1 Å². The first-order valence-corrected chi connectivity index (χ1v) is 9.14. The van der Waals surface area contributed by atoms with Gasteiger partial charge in [0.05, 0.1) is 12.8 Å². The van der Waals surface area contributed by atoms with Gasteiger partial charge >= 0.3 is 5.97 Å². The molecular weight excluding hydrogens is 379 g/mol. The monoisotopic (exact) mass is 399 g/mol. The third-order valence-electron chi connectivity index (χ3n) is 5.90. The second kappa shape index (κ2) is 6.66. The molecule has 150 valence electrons. The number of phenolic OH excluding ortho intramolecular Hbond substituents is 1. The van der Waals surface area contributed by atoms with Crippen LogP contribution in [0, 0.1) is 17.7 Å². The number of benzene rings is 2. The predicted molar refractivity (Wildman–Crippen MR) is 99.1 cm³/mol. The molecule has 0 spiro atoms. The number of fused-ring (bicyclic) bond motifs is 1. The summed E-state index contributed by atoms with van der Waals surface area (Å²) in [6.07, 6.45) is 0. The summed E-state index contributed by atoms with van der Waals surface area (Å²) in [5.74, 6) is -3.72. The highest BCUT2D eigenvalue weighted by Crippen LogP contribution is 2.45. The second-order valence-corrected chi connectivity index (χ2v) is 7.55. The minimum atomic E-state index is -1.30. The number of esters is 1. The summed E-state index contributed by atoms with van der Waals surface area (Å²) in [5, 5.41) is 11.3. The van der Waals surface area contributed by atoms with Crippen LogP contribution in [0.4, 0.5) is 10.1 Å². The molecule has 2 fully saturated rings. The van der Waals surface area contributed by atoms with Crippen molar-refractivity contribution in [2.75, 3.05) is 12.0 Å². The van der Waals surface area contributed by atoms with E-state index in [4.69, 9.17) is 4.74 Å². The fourth-order valence-electron chi connectivity index (χ4n) is 4.52. The number of methoxy groups -OCH3 is 1. The first kappa shape index (κ1) is 19.1. The summed E-state index contributed by atoms with van der Waals surface area (Å²) in [5.41, 5.74) is -0.344. The average molecular weight is 399 g/mol. The second-order valence-electron chi connectivity index (χ2n) is 7.55. The van der Waals surface area contributed by atoms with E-state index in [1.54, 1.807) is 24.4 Å². The number of nitrogens with zero attached hydrogens (tertiary/aromatic N) is 1. The van der Waals surface area contributed by atoms with Gasteiger partial charge in [0, 0.05) is 12.5 Å². The van der Waals surface area contributed by atoms with Crippen LogP contribution in [0.3, 0.4) is 0 Å². The number of hydrogen-bond acceptors (Lipinski definition) is 5. The number of carbonyl (C=O) groups excluding carboxylic acids is 3. The fraction of sp³-hybridized carbons (Fsp3) is 0.286. The number of anilines is 1. The van der Waals surface area contributed by atoms with Gasteiger partial charge in [0.15, 0.2) is 0 Å². The van der Waals surface area contributed by atoms with Gasteiger partial charge < -0.3 is 15.2 Å². The van der Waals surface area contributed by atoms with Gasteiger partial charge in [-0.25, -0.2) is 14.1 Å². The van der Waals surface area contributed by atoms with E-state index in [-0.39, 0.29) is 11.4 Å². The molecule has 2 saturated heterocycles. The Kier molecular flexibility index (Phi) is 4.38. The highest BCUT2D eigenvalue weighted by atomic mass is 19.1. The van der Waals surface area contributed by atoms with Crippen LogP contribution in [0.25, 0.3) is 0 Å². The normalized spacial score (nSPS) is 28.5. The molecule has 2 aromatic rings. The number of amides is 2. The summed E-state index contributed by atoms with van der Waals surface area (Å²) >= 11 is 0. The molecule has 4 rings (SSSR count). The Balaban J connectivity index is 1.81. The van der Waals surface area contributed by atoms with Crippen LogP contribution in [0.15, 0.2) is 48.5 Å². The van der Waals surface area contributed by atoms with Crippen molar-refractivity contribution in [2.45, 2.75) is 18.5 Å². The van der Waals surface area contributed by atoms with Crippen LogP contribution in [0.2, 0.25) is 0 Å². The SMILES string of the molecule is COC(=O)[C@@]1(C)[NH2+][C@@H](c2ccc(O)cc2)[C@H]2C(=O)N(c3ccc(F)cc3)C(=O)[C@H]21. The molecule has 2 amide bonds. The molecule has 0 bridgehead atoms. The maximum Gasteiger partial charge on any atom is 0.368 e. The number of nitrogens with two attached hydrogens (primary N) is 1. The van der Waals surface area contributed by atoms with Gasteiger partial charge in [0.25, 0.3) is 0 Å². The van der Waals surface area contributed by atoms with Gasteiger partial charge in [0.2, 0.25) is 17.4 Å². The topological polar surface area (TPSA) is 101 Å². The minimum Gasteiger partial charge on any atom is -0.508 e. The van der Waals surface area contributed by atoms with Crippen LogP contribution in [0.5, 0.6) is 5.75 Å². The van der Waals surface area contributed by atoms with Gasteiger partial charge in [-0.2, -0.15) is 0 Å². The molecule has 2 aromatic carbocycles. The van der Waals surface area contributed by atoms with Gasteiger partial charge in [-0.15, -0.1) is 0 Å². The fourth-order valence-corrected chi connectivity index (χ4v) is 4.52. The molecule has 2 heterocycles. The van der Waals surface area contributed by atoms with E-state index in [0.29, 0.717) is 5.56 Å². The van der Waals surface area contributed by atoms with Crippen LogP contribution < -0.4 is 10.2 Å². The zero-order chi connectivity index (χ0) is 20.9. The van der Waals surface area contributed by atoms with Gasteiger partial charge in [-0.3, -0.25) is 9.59 Å². The van der Waals surface area contributed by atoms with Crippen LogP contribution >= 0.6 is 0 Å². The molecule has 0 unspecified atom stereocenters. The number of carbonyl (C=O) groups is 3. The molecule has 4 atom stereocenters. The van der Waals surface area contributed by atoms with Gasteiger partial charge in [-0.1, -0.05) is 0 Å². The van der Waals surface area contributed by atoms with E-state index in [2.05, 4.69) is 0 Å². The van der Waals surface area contributed by atoms with Crippen molar-refractivity contribution in [3.05, 3.63) is 59.9 Å². The number of aromatic hydroxyl groups is 1. The number of ether oxygens (including phenoxy) is 1. The summed E-state index contributed by atoms with van der Waals surface area (Å²) < 4.78 is 18.3. The Morgan fingerprint density at radius 1 is 1.10 bits per heavy atom. The van der Waals surface area contributed by atoms with E-state index in [1.807, 2.05) is 0 Å². The van der Waals surface area contributed by atoms with Crippen molar-refractivity contribution in [2.24, 2.45) is 11.8 Å². The Labute approximate surface area is 166 Å². The molecule has 0 saturated carbocycles. The molecule has 2 aliphatic rings. The first-order chi connectivity index (χ1) is 13.8. The summed E-state index contributed by atoms with van der Waals surface area (Å²) in [6.45, 7) is 1.59. The highest BCUT2D eigenvalue weighted by Gasteiger charge is 2.70. The molecule has 2 aliphatic heterocycles. The number of hydrogen-bond donors (Lipinski definition) is 2. The zero-order valence-electron chi connectivity index (χ0n) is 15.8. The third kappa shape index (κ3) is 2.79. The maximum atomic E-state index is 13.3. The number of phenols is 1. The van der Waals surface area contributed by atoms with Crippen molar-refractivity contribution >= 4 is 23.5 Å². The number of quaternary nitrogens is 1. The van der Waals surface area contributed by atoms with E-state index in [0.717, 1.165) is 4.90 Å². The Morgan fingerprint density at radius 3 is 2.31 bits per heavy atom. The summed E-state index contributed by atoms with van der Waals surface area (Å²) in [4.78, 5) is 40.3. The molecule has 29 heavy (non-hydrogen) atoms. The molecule has 0 aliphatic carbocycles. The quantitative estimate of drug-likeness (QED) is 0.590. The van der Waals surface area contributed by atoms with Crippen molar-refractivity contribution in [1.29, 1.82) is 0 Å². The molecule has 0 aromatic heterocycles. The lowest BCUT2D eigenvalue weighted by Crippen LogP contribution is -2.97. The van der Waals surface area contributed by atoms with E-state index < -0.39 is 47.0 Å². The minimum absolute atomic E-state index is 0.0702. The molecule has 7 nitrogen and oxygen atoms in total. The molecule has 0 radical (unpaired) electrons. The Morgan fingerprint density at radius 2 is 1.72 bits per heavy atom. The third-order valence-corrected chi connectivity index (χ3v) is 5.90. The Hall–Kier alpha value is -3.26. The molecule has 8 heteroatoms. The lowest BCUT2D eigenvalue weighted by Gasteiger charge is -2.25. The van der Waals surface area contributed by atoms with E-state index in [9.17, 15) is 23.9 Å². The standard InChI is InChI=1S/C21H19FN2O5/c1-21(20(28)29-2)16-15(17(23-21)11-3-9-14(25)10-4-11)18(26)24(19(16)27)13-7-5-12(22)6-8-13/h3-10,15-17,23,25H,1-2H3/p+1/t15-,16-,17-,21-/m0/s1. The van der Waals surface area contributed by atoms with E-state index in [1.165, 1.54) is 43.5 Å². The van der Waals surface area contributed by atoms with Crippen molar-refractivity contribution in [3.8, 4) is 5.75 Å². The number of rotatable bonds is 3. The largest absolute Gasteiger partial charge is 0.508 e. The van der Waals surface area contributed by atoms with Crippen LogP contribution in [-0.4, -0.2) is 35.5 Å². The molecule has 3 N–H and O–H groups in total. The smallest absolute Gasteiger partial charge is 0.368 e. The van der Waals surface area contributed by atoms with Crippen molar-refractivity contribution < 1.29 is 33.9 Å². The predicted octanol–water partition coefficient (Wildman–Crippen LogP) is 0.887. The zero-order valence-corrected chi connectivity index (χ0v) is 15.8. The van der Waals surface area contributed by atoms with Gasteiger partial charge in [-0.05, 0) is 48.5 Å². The van der Waals surface area contributed by atoms with E-state index >= 15 is 0 Å². The average Bonchev–Trinajstić information content (AvgIpc) is 3.17. The van der Waals surface area contributed by atoms with Gasteiger partial charge in [0.1, 0.15) is 29.4 Å². The summed E-state index contributed by atoms with van der Waals surface area (Å²) in [6, 6.07) is 10.9. The highest BCUT2D eigenvalue weighted by molar-refractivity contribution is 6.23. The first-order valence-electron chi connectivity index (χ1n) is 9.14. The lowest BCUT2D eigenvalue weighted by molar-refractivity contribution is -0.730. The van der Waals surface area contributed by atoms with Crippen LogP contribution in [0.1, 0.15) is 18.5 Å².